The van der Waals surface area contributed by atoms with Gasteiger partial charge in [-0.15, -0.1) is 0 Å². The van der Waals surface area contributed by atoms with E-state index in [1.165, 1.54) is 53.6 Å². The van der Waals surface area contributed by atoms with Gasteiger partial charge in [0.05, 0.1) is 12.0 Å². The summed E-state index contributed by atoms with van der Waals surface area (Å²) in [6, 6.07) is 10.3. The third-order valence-corrected chi connectivity index (χ3v) is 7.28. The van der Waals surface area contributed by atoms with Crippen LogP contribution in [0.2, 0.25) is 0 Å². The first-order valence-corrected chi connectivity index (χ1v) is 11.5. The van der Waals surface area contributed by atoms with Crippen LogP contribution in [0.15, 0.2) is 47.4 Å². The molecule has 3 rings (SSSR count). The van der Waals surface area contributed by atoms with Gasteiger partial charge in [0.1, 0.15) is 0 Å². The molecule has 10 heteroatoms. The number of benzene rings is 2. The predicted octanol–water partition coefficient (Wildman–Crippen LogP) is 1.96. The van der Waals surface area contributed by atoms with Gasteiger partial charge in [-0.25, -0.2) is 12.8 Å². The van der Waals surface area contributed by atoms with Gasteiger partial charge in [-0.3, -0.25) is 9.59 Å². The predicted molar refractivity (Wildman–Crippen MR) is 116 cm³/mol. The molecule has 0 radical (unpaired) electrons. The van der Waals surface area contributed by atoms with E-state index in [2.05, 4.69) is 0 Å². The molecule has 0 N–H and O–H groups in total. The maximum Gasteiger partial charge on any atom is 0.253 e. The van der Waals surface area contributed by atoms with Crippen molar-refractivity contribution in [3.63, 3.8) is 0 Å². The number of carbonyl (C=O) groups is 2. The molecule has 0 atom stereocenters. The zero-order valence-electron chi connectivity index (χ0n) is 18.2. The Morgan fingerprint density at radius 2 is 1.78 bits per heavy atom. The average molecular weight is 464 g/mol. The van der Waals surface area contributed by atoms with Crippen LogP contribution in [-0.2, 0) is 21.4 Å². The van der Waals surface area contributed by atoms with Gasteiger partial charge >= 0.3 is 0 Å². The van der Waals surface area contributed by atoms with E-state index in [1.54, 1.807) is 24.1 Å². The number of hydrogen-bond donors (Lipinski definition) is 0. The molecular formula is C22H26FN3O5S. The number of nitrogens with zero attached hydrogens (tertiary/aromatic N) is 3. The highest BCUT2D eigenvalue weighted by molar-refractivity contribution is 7.89. The van der Waals surface area contributed by atoms with Crippen molar-refractivity contribution in [1.82, 2.24) is 14.1 Å². The fraction of sp³-hybridized carbons (Fsp3) is 0.364. The molecule has 2 amide bonds. The highest BCUT2D eigenvalue weighted by Crippen LogP contribution is 2.21. The Kier molecular flexibility index (Phi) is 7.15. The van der Waals surface area contributed by atoms with Crippen molar-refractivity contribution in [2.45, 2.75) is 18.4 Å². The van der Waals surface area contributed by atoms with Crippen molar-refractivity contribution in [1.29, 1.82) is 0 Å². The Hall–Kier alpha value is -2.98. The Morgan fingerprint density at radius 3 is 2.38 bits per heavy atom. The molecule has 1 aliphatic rings. The summed E-state index contributed by atoms with van der Waals surface area (Å²) >= 11 is 0. The van der Waals surface area contributed by atoms with E-state index in [0.29, 0.717) is 18.7 Å². The van der Waals surface area contributed by atoms with Crippen molar-refractivity contribution in [3.05, 3.63) is 59.4 Å². The van der Waals surface area contributed by atoms with Crippen molar-refractivity contribution in [3.8, 4) is 5.75 Å². The molecule has 8 nitrogen and oxygen atoms in total. The van der Waals surface area contributed by atoms with Crippen molar-refractivity contribution < 1.29 is 27.1 Å². The van der Waals surface area contributed by atoms with Crippen LogP contribution in [0.4, 0.5) is 4.39 Å². The first-order valence-electron chi connectivity index (χ1n) is 10.1. The van der Waals surface area contributed by atoms with Crippen molar-refractivity contribution >= 4 is 21.8 Å². The summed E-state index contributed by atoms with van der Waals surface area (Å²) in [7, 11) is -0.869. The van der Waals surface area contributed by atoms with Crippen molar-refractivity contribution in [2.75, 3.05) is 40.3 Å². The van der Waals surface area contributed by atoms with Crippen LogP contribution in [0.5, 0.6) is 5.75 Å². The topological polar surface area (TPSA) is 87.2 Å². The van der Waals surface area contributed by atoms with Gasteiger partial charge in [0.2, 0.25) is 15.9 Å². The molecule has 1 fully saturated rings. The van der Waals surface area contributed by atoms with Crippen LogP contribution >= 0.6 is 0 Å². The largest absolute Gasteiger partial charge is 0.494 e. The molecule has 1 aliphatic heterocycles. The number of halogens is 1. The molecule has 0 saturated carbocycles. The second kappa shape index (κ2) is 9.66. The first-order chi connectivity index (χ1) is 15.1. The highest BCUT2D eigenvalue weighted by atomic mass is 32.2. The van der Waals surface area contributed by atoms with Crippen LogP contribution in [-0.4, -0.2) is 74.7 Å². The quantitative estimate of drug-likeness (QED) is 0.654. The summed E-state index contributed by atoms with van der Waals surface area (Å²) in [5, 5.41) is 0. The van der Waals surface area contributed by atoms with Crippen LogP contribution in [0.1, 0.15) is 22.8 Å². The molecule has 2 aromatic carbocycles. The van der Waals surface area contributed by atoms with Crippen LogP contribution in [0.3, 0.4) is 0 Å². The molecule has 1 heterocycles. The molecule has 0 aromatic heterocycles. The van der Waals surface area contributed by atoms with E-state index >= 15 is 0 Å². The number of piperazine rings is 1. The Morgan fingerprint density at radius 1 is 1.09 bits per heavy atom. The SMILES string of the molecule is COc1ccc(CN(C)C(=O)c2cccc(S(=O)(=O)N3CCN(C(C)=O)CC3)c2)cc1F. The summed E-state index contributed by atoms with van der Waals surface area (Å²) in [4.78, 5) is 27.4. The average Bonchev–Trinajstić information content (AvgIpc) is 2.78. The van der Waals surface area contributed by atoms with E-state index in [0.717, 1.165) is 0 Å². The second-order valence-electron chi connectivity index (χ2n) is 7.57. The van der Waals surface area contributed by atoms with Crippen LogP contribution in [0, 0.1) is 5.82 Å². The van der Waals surface area contributed by atoms with Gasteiger partial charge in [-0.1, -0.05) is 12.1 Å². The number of methoxy groups -OCH3 is 1. The normalized spacial score (nSPS) is 14.8. The number of carbonyl (C=O) groups excluding carboxylic acids is 2. The number of hydrogen-bond acceptors (Lipinski definition) is 5. The maximum absolute atomic E-state index is 13.9. The van der Waals surface area contributed by atoms with Gasteiger partial charge in [-0.05, 0) is 35.9 Å². The summed E-state index contributed by atoms with van der Waals surface area (Å²) in [6.07, 6.45) is 0. The second-order valence-corrected chi connectivity index (χ2v) is 9.51. The lowest BCUT2D eigenvalue weighted by Crippen LogP contribution is -2.49. The minimum absolute atomic E-state index is 0.0171. The molecule has 2 aromatic rings. The third-order valence-electron chi connectivity index (χ3n) is 5.39. The fourth-order valence-corrected chi connectivity index (χ4v) is 5.02. The summed E-state index contributed by atoms with van der Waals surface area (Å²) in [5.74, 6) is -0.886. The summed E-state index contributed by atoms with van der Waals surface area (Å²) in [6.45, 7) is 2.65. The lowest BCUT2D eigenvalue weighted by atomic mass is 10.1. The lowest BCUT2D eigenvalue weighted by Gasteiger charge is -2.33. The third kappa shape index (κ3) is 5.08. The van der Waals surface area contributed by atoms with Crippen LogP contribution in [0.25, 0.3) is 0 Å². The molecule has 32 heavy (non-hydrogen) atoms. The van der Waals surface area contributed by atoms with Gasteiger partial charge in [0.25, 0.3) is 5.91 Å². The number of ether oxygens (including phenoxy) is 1. The van der Waals surface area contributed by atoms with Gasteiger partial charge in [0, 0.05) is 52.3 Å². The molecule has 0 unspecified atom stereocenters. The lowest BCUT2D eigenvalue weighted by molar-refractivity contribution is -0.129. The summed E-state index contributed by atoms with van der Waals surface area (Å²) in [5.41, 5.74) is 0.788. The molecular weight excluding hydrogens is 437 g/mol. The van der Waals surface area contributed by atoms with E-state index in [9.17, 15) is 22.4 Å². The monoisotopic (exact) mass is 463 g/mol. The zero-order valence-corrected chi connectivity index (χ0v) is 19.1. The Labute approximate surface area is 187 Å². The first kappa shape index (κ1) is 23.7. The number of sulfonamides is 1. The smallest absolute Gasteiger partial charge is 0.253 e. The minimum Gasteiger partial charge on any atom is -0.494 e. The molecule has 0 aliphatic carbocycles. The zero-order chi connectivity index (χ0) is 23.5. The fourth-order valence-electron chi connectivity index (χ4n) is 3.56. The van der Waals surface area contributed by atoms with E-state index in [1.807, 2.05) is 0 Å². The standard InChI is InChI=1S/C22H26FN3O5S/c1-16(27)25-9-11-26(12-10-25)32(29,30)19-6-4-5-18(14-19)22(28)24(2)15-17-7-8-21(31-3)20(23)13-17/h4-8,13-14H,9-12,15H2,1-3H3. The molecule has 1 saturated heterocycles. The molecule has 0 bridgehead atoms. The van der Waals surface area contributed by atoms with Gasteiger partial charge in [-0.2, -0.15) is 4.31 Å². The van der Waals surface area contributed by atoms with Gasteiger partial charge in [0.15, 0.2) is 11.6 Å². The number of amides is 2. The van der Waals surface area contributed by atoms with Gasteiger partial charge < -0.3 is 14.5 Å². The molecule has 0 spiro atoms. The molecule has 172 valence electrons. The summed E-state index contributed by atoms with van der Waals surface area (Å²) < 4.78 is 46.2. The van der Waals surface area contributed by atoms with Crippen LogP contribution < -0.4 is 4.74 Å². The Bertz CT molecular complexity index is 1110. The van der Waals surface area contributed by atoms with Crippen molar-refractivity contribution in [2.24, 2.45) is 0 Å². The highest BCUT2D eigenvalue weighted by Gasteiger charge is 2.29. The maximum atomic E-state index is 13.9. The number of rotatable bonds is 6. The van der Waals surface area contributed by atoms with E-state index < -0.39 is 15.8 Å². The minimum atomic E-state index is -3.80. The Balaban J connectivity index is 1.74. The van der Waals surface area contributed by atoms with E-state index in [4.69, 9.17) is 4.74 Å². The van der Waals surface area contributed by atoms with E-state index in [-0.39, 0.29) is 47.7 Å².